The summed E-state index contributed by atoms with van der Waals surface area (Å²) in [5.74, 6) is 0. The highest BCUT2D eigenvalue weighted by atomic mass is 32.1. The molecule has 0 spiro atoms. The maximum absolute atomic E-state index is 4.26. The van der Waals surface area contributed by atoms with Crippen molar-refractivity contribution in [2.45, 2.75) is 39.3 Å². The molecule has 2 nitrogen and oxygen atoms in total. The molecule has 3 heteroatoms. The molecule has 2 atom stereocenters. The predicted molar refractivity (Wildman–Crippen MR) is 53.4 cm³/mol. The molecule has 0 saturated heterocycles. The molecular formula is C9H16N2S. The zero-order valence-corrected chi connectivity index (χ0v) is 8.69. The van der Waals surface area contributed by atoms with Crippen LogP contribution in [-0.4, -0.2) is 11.0 Å². The zero-order valence-electron chi connectivity index (χ0n) is 7.87. The van der Waals surface area contributed by atoms with Crippen molar-refractivity contribution in [3.63, 3.8) is 0 Å². The first kappa shape index (κ1) is 9.68. The van der Waals surface area contributed by atoms with Crippen LogP contribution in [0.3, 0.4) is 0 Å². The second-order valence-electron chi connectivity index (χ2n) is 3.07. The van der Waals surface area contributed by atoms with E-state index in [-0.39, 0.29) is 0 Å². The van der Waals surface area contributed by atoms with Gasteiger partial charge >= 0.3 is 0 Å². The second-order valence-corrected chi connectivity index (χ2v) is 3.99. The molecule has 0 aliphatic heterocycles. The zero-order chi connectivity index (χ0) is 8.97. The Balaban J connectivity index is 2.44. The summed E-state index contributed by atoms with van der Waals surface area (Å²) in [5.41, 5.74) is 0. The lowest BCUT2D eigenvalue weighted by molar-refractivity contribution is 0.468. The lowest BCUT2D eigenvalue weighted by Crippen LogP contribution is -2.27. The molecule has 0 bridgehead atoms. The monoisotopic (exact) mass is 184 g/mol. The molecule has 0 aliphatic carbocycles. The molecule has 0 radical (unpaired) electrons. The van der Waals surface area contributed by atoms with Crippen LogP contribution >= 0.6 is 11.3 Å². The number of rotatable bonds is 4. The third-order valence-corrected chi connectivity index (χ3v) is 2.93. The van der Waals surface area contributed by atoms with Crippen molar-refractivity contribution in [3.8, 4) is 0 Å². The fourth-order valence-electron chi connectivity index (χ4n) is 1.06. The Hall–Kier alpha value is -0.410. The molecule has 68 valence electrons. The quantitative estimate of drug-likeness (QED) is 0.778. The van der Waals surface area contributed by atoms with Gasteiger partial charge in [0.2, 0.25) is 0 Å². The maximum Gasteiger partial charge on any atom is 0.109 e. The Bertz CT molecular complexity index is 208. The van der Waals surface area contributed by atoms with Gasteiger partial charge in [0.1, 0.15) is 5.01 Å². The average Bonchev–Trinajstić information content (AvgIpc) is 2.56. The van der Waals surface area contributed by atoms with Gasteiger partial charge in [-0.15, -0.1) is 11.3 Å². The first-order chi connectivity index (χ1) is 5.74. The van der Waals surface area contributed by atoms with Gasteiger partial charge in [-0.25, -0.2) is 4.98 Å². The largest absolute Gasteiger partial charge is 0.306 e. The normalized spacial score (nSPS) is 15.9. The predicted octanol–water partition coefficient (Wildman–Crippen LogP) is 2.59. The summed E-state index contributed by atoms with van der Waals surface area (Å²) in [7, 11) is 0. The molecular weight excluding hydrogens is 168 g/mol. The summed E-state index contributed by atoms with van der Waals surface area (Å²) in [4.78, 5) is 4.26. The van der Waals surface area contributed by atoms with Gasteiger partial charge in [-0.3, -0.25) is 0 Å². The number of hydrogen-bond acceptors (Lipinski definition) is 3. The molecule has 0 saturated carbocycles. The lowest BCUT2D eigenvalue weighted by atomic mass is 10.2. The van der Waals surface area contributed by atoms with Crippen molar-refractivity contribution in [1.29, 1.82) is 0 Å². The van der Waals surface area contributed by atoms with E-state index in [0.717, 1.165) is 6.42 Å². The van der Waals surface area contributed by atoms with Crippen LogP contribution < -0.4 is 5.32 Å². The number of nitrogens with one attached hydrogen (secondary N) is 1. The average molecular weight is 184 g/mol. The van der Waals surface area contributed by atoms with Crippen LogP contribution in [0, 0.1) is 0 Å². The van der Waals surface area contributed by atoms with E-state index < -0.39 is 0 Å². The van der Waals surface area contributed by atoms with Crippen LogP contribution in [0.25, 0.3) is 0 Å². The van der Waals surface area contributed by atoms with E-state index in [0.29, 0.717) is 12.1 Å². The molecule has 0 amide bonds. The third kappa shape index (κ3) is 2.57. The van der Waals surface area contributed by atoms with Gasteiger partial charge in [-0.05, 0) is 20.3 Å². The molecule has 0 aromatic carbocycles. The van der Waals surface area contributed by atoms with E-state index in [2.05, 4.69) is 31.1 Å². The Morgan fingerprint density at radius 3 is 2.83 bits per heavy atom. The highest BCUT2D eigenvalue weighted by Crippen LogP contribution is 2.15. The molecule has 1 aromatic rings. The van der Waals surface area contributed by atoms with Crippen molar-refractivity contribution in [2.24, 2.45) is 0 Å². The number of thiazole rings is 1. The van der Waals surface area contributed by atoms with E-state index in [1.54, 1.807) is 11.3 Å². The summed E-state index contributed by atoms with van der Waals surface area (Å²) in [6.07, 6.45) is 3.02. The minimum absolute atomic E-state index is 0.389. The van der Waals surface area contributed by atoms with Crippen LogP contribution in [0.1, 0.15) is 38.2 Å². The Morgan fingerprint density at radius 2 is 2.33 bits per heavy atom. The van der Waals surface area contributed by atoms with Crippen molar-refractivity contribution in [2.75, 3.05) is 0 Å². The molecule has 0 aliphatic rings. The van der Waals surface area contributed by atoms with Gasteiger partial charge in [-0.1, -0.05) is 6.92 Å². The summed E-state index contributed by atoms with van der Waals surface area (Å²) in [6, 6.07) is 0.962. The molecule has 1 aromatic heterocycles. The SMILES string of the molecule is CCC(C)NC(C)c1nccs1. The topological polar surface area (TPSA) is 24.9 Å². The van der Waals surface area contributed by atoms with Crippen molar-refractivity contribution in [3.05, 3.63) is 16.6 Å². The Labute approximate surface area is 78.0 Å². The summed E-state index contributed by atoms with van der Waals surface area (Å²) in [5, 5.41) is 6.67. The summed E-state index contributed by atoms with van der Waals surface area (Å²) in [6.45, 7) is 6.54. The molecule has 1 rings (SSSR count). The highest BCUT2D eigenvalue weighted by molar-refractivity contribution is 7.09. The summed E-state index contributed by atoms with van der Waals surface area (Å²) < 4.78 is 0. The van der Waals surface area contributed by atoms with E-state index in [1.807, 2.05) is 11.6 Å². The summed E-state index contributed by atoms with van der Waals surface area (Å²) >= 11 is 1.71. The van der Waals surface area contributed by atoms with Gasteiger partial charge < -0.3 is 5.32 Å². The number of hydrogen-bond donors (Lipinski definition) is 1. The van der Waals surface area contributed by atoms with Gasteiger partial charge in [0.25, 0.3) is 0 Å². The third-order valence-electron chi connectivity index (χ3n) is 1.97. The molecule has 0 fully saturated rings. The fourth-order valence-corrected chi connectivity index (χ4v) is 1.72. The van der Waals surface area contributed by atoms with Gasteiger partial charge in [0.15, 0.2) is 0 Å². The van der Waals surface area contributed by atoms with E-state index in [9.17, 15) is 0 Å². The first-order valence-electron chi connectivity index (χ1n) is 4.39. The van der Waals surface area contributed by atoms with E-state index in [4.69, 9.17) is 0 Å². The van der Waals surface area contributed by atoms with Crippen LogP contribution in [0.5, 0.6) is 0 Å². The van der Waals surface area contributed by atoms with Crippen LogP contribution in [0.15, 0.2) is 11.6 Å². The smallest absolute Gasteiger partial charge is 0.109 e. The Morgan fingerprint density at radius 1 is 1.58 bits per heavy atom. The van der Waals surface area contributed by atoms with Crippen LogP contribution in [0.4, 0.5) is 0 Å². The van der Waals surface area contributed by atoms with Crippen LogP contribution in [-0.2, 0) is 0 Å². The highest BCUT2D eigenvalue weighted by Gasteiger charge is 2.09. The standard InChI is InChI=1S/C9H16N2S/c1-4-7(2)11-8(3)9-10-5-6-12-9/h5-8,11H,4H2,1-3H3. The minimum atomic E-state index is 0.389. The first-order valence-corrected chi connectivity index (χ1v) is 5.27. The van der Waals surface area contributed by atoms with E-state index >= 15 is 0 Å². The Kier molecular flexibility index (Phi) is 3.69. The number of aromatic nitrogens is 1. The van der Waals surface area contributed by atoms with Gasteiger partial charge in [0, 0.05) is 17.6 Å². The lowest BCUT2D eigenvalue weighted by Gasteiger charge is -2.16. The molecule has 1 N–H and O–H groups in total. The van der Waals surface area contributed by atoms with Gasteiger partial charge in [0.05, 0.1) is 6.04 Å². The molecule has 12 heavy (non-hydrogen) atoms. The van der Waals surface area contributed by atoms with Crippen molar-refractivity contribution < 1.29 is 0 Å². The molecule has 2 unspecified atom stereocenters. The van der Waals surface area contributed by atoms with Crippen LogP contribution in [0.2, 0.25) is 0 Å². The molecule has 1 heterocycles. The van der Waals surface area contributed by atoms with Crippen molar-refractivity contribution >= 4 is 11.3 Å². The van der Waals surface area contributed by atoms with Crippen molar-refractivity contribution in [1.82, 2.24) is 10.3 Å². The fraction of sp³-hybridized carbons (Fsp3) is 0.667. The maximum atomic E-state index is 4.26. The minimum Gasteiger partial charge on any atom is -0.306 e. The van der Waals surface area contributed by atoms with E-state index in [1.165, 1.54) is 5.01 Å². The second kappa shape index (κ2) is 4.58. The number of nitrogens with zero attached hydrogens (tertiary/aromatic N) is 1. The van der Waals surface area contributed by atoms with Gasteiger partial charge in [-0.2, -0.15) is 0 Å².